The molecule has 2 heteroatoms. The Labute approximate surface area is 99.4 Å². The van der Waals surface area contributed by atoms with Gasteiger partial charge in [-0.1, -0.05) is 19.4 Å². The van der Waals surface area contributed by atoms with Gasteiger partial charge in [-0.2, -0.15) is 0 Å². The summed E-state index contributed by atoms with van der Waals surface area (Å²) in [5, 5.41) is 3.48. The molecule has 0 bridgehead atoms. The van der Waals surface area contributed by atoms with Crippen molar-refractivity contribution in [3.05, 3.63) is 29.8 Å². The van der Waals surface area contributed by atoms with Crippen LogP contribution in [0.15, 0.2) is 23.4 Å². The largest absolute Gasteiger partial charge is 0.361 e. The fourth-order valence-electron chi connectivity index (χ4n) is 2.19. The first-order valence-corrected chi connectivity index (χ1v) is 6.50. The van der Waals surface area contributed by atoms with E-state index in [0.717, 1.165) is 26.2 Å². The van der Waals surface area contributed by atoms with Crippen LogP contribution in [0, 0.1) is 6.42 Å². The summed E-state index contributed by atoms with van der Waals surface area (Å²) in [6, 6.07) is 0. The van der Waals surface area contributed by atoms with Crippen molar-refractivity contribution in [2.75, 3.05) is 19.8 Å². The highest BCUT2D eigenvalue weighted by Crippen LogP contribution is 2.30. The van der Waals surface area contributed by atoms with Crippen LogP contribution in [-0.2, 0) is 0 Å². The molecule has 0 aromatic carbocycles. The van der Waals surface area contributed by atoms with Gasteiger partial charge >= 0.3 is 0 Å². The standard InChI is InChI=1S/C14H22N2/c1-2-3-9-15-12-16-10-8-13-6-4-5-7-14(13)11-16/h8,11,15H,2-6,9-10,12H2,1H3. The van der Waals surface area contributed by atoms with Crippen molar-refractivity contribution >= 4 is 0 Å². The van der Waals surface area contributed by atoms with E-state index < -0.39 is 0 Å². The Morgan fingerprint density at radius 1 is 1.50 bits per heavy atom. The van der Waals surface area contributed by atoms with Crippen LogP contribution in [-0.4, -0.2) is 24.7 Å². The smallest absolute Gasteiger partial charge is 0.0680 e. The van der Waals surface area contributed by atoms with E-state index in [0.29, 0.717) is 0 Å². The molecule has 1 fully saturated rings. The molecule has 0 atom stereocenters. The van der Waals surface area contributed by atoms with Gasteiger partial charge < -0.3 is 4.90 Å². The molecule has 1 saturated carbocycles. The molecule has 0 spiro atoms. The SMILES string of the molecule is CCCCNCN1C=C2[C]CCCC2=CC1. The molecular formula is C14H22N2. The van der Waals surface area contributed by atoms with Gasteiger partial charge in [-0.05, 0) is 43.4 Å². The van der Waals surface area contributed by atoms with Crippen LogP contribution < -0.4 is 5.32 Å². The number of nitrogens with one attached hydrogen (secondary N) is 1. The van der Waals surface area contributed by atoms with Crippen LogP contribution in [0.1, 0.15) is 39.0 Å². The second kappa shape index (κ2) is 6.09. The van der Waals surface area contributed by atoms with E-state index in [-0.39, 0.29) is 0 Å². The molecule has 2 nitrogen and oxygen atoms in total. The summed E-state index contributed by atoms with van der Waals surface area (Å²) in [6.45, 7) is 5.38. The number of nitrogens with zero attached hydrogens (tertiary/aromatic N) is 1. The molecule has 0 aromatic rings. The Kier molecular flexibility index (Phi) is 4.46. The van der Waals surface area contributed by atoms with Crippen LogP contribution in [0.5, 0.6) is 0 Å². The normalized spacial score (nSPS) is 20.2. The molecule has 1 aliphatic heterocycles. The molecule has 88 valence electrons. The van der Waals surface area contributed by atoms with Gasteiger partial charge in [0.15, 0.2) is 0 Å². The highest BCUT2D eigenvalue weighted by molar-refractivity contribution is 5.41. The lowest BCUT2D eigenvalue weighted by molar-refractivity contribution is 0.364. The molecule has 0 unspecified atom stereocenters. The van der Waals surface area contributed by atoms with E-state index in [1.54, 1.807) is 0 Å². The Balaban J connectivity index is 1.77. The Morgan fingerprint density at radius 2 is 2.44 bits per heavy atom. The van der Waals surface area contributed by atoms with Gasteiger partial charge in [0.25, 0.3) is 0 Å². The summed E-state index contributed by atoms with van der Waals surface area (Å²) in [5.41, 5.74) is 2.85. The first-order chi connectivity index (χ1) is 7.90. The Bertz CT molecular complexity index is 278. The quantitative estimate of drug-likeness (QED) is 0.714. The van der Waals surface area contributed by atoms with Crippen molar-refractivity contribution in [3.8, 4) is 0 Å². The summed E-state index contributed by atoms with van der Waals surface area (Å²) in [7, 11) is 0. The van der Waals surface area contributed by atoms with Crippen LogP contribution in [0.3, 0.4) is 0 Å². The monoisotopic (exact) mass is 218 g/mol. The Morgan fingerprint density at radius 3 is 3.31 bits per heavy atom. The maximum Gasteiger partial charge on any atom is 0.0680 e. The highest BCUT2D eigenvalue weighted by atomic mass is 15.2. The lowest BCUT2D eigenvalue weighted by Crippen LogP contribution is -2.33. The van der Waals surface area contributed by atoms with Crippen molar-refractivity contribution in [2.24, 2.45) is 0 Å². The average molecular weight is 218 g/mol. The third kappa shape index (κ3) is 3.11. The van der Waals surface area contributed by atoms with Crippen LogP contribution >= 0.6 is 0 Å². The van der Waals surface area contributed by atoms with Gasteiger partial charge in [0.2, 0.25) is 0 Å². The van der Waals surface area contributed by atoms with Crippen molar-refractivity contribution in [1.82, 2.24) is 10.2 Å². The van der Waals surface area contributed by atoms with E-state index >= 15 is 0 Å². The third-order valence-corrected chi connectivity index (χ3v) is 3.19. The zero-order valence-corrected chi connectivity index (χ0v) is 10.3. The first-order valence-electron chi connectivity index (χ1n) is 6.50. The van der Waals surface area contributed by atoms with E-state index in [4.69, 9.17) is 0 Å². The second-order valence-electron chi connectivity index (χ2n) is 4.59. The lowest BCUT2D eigenvalue weighted by Gasteiger charge is -2.29. The second-order valence-corrected chi connectivity index (χ2v) is 4.59. The number of allylic oxidation sites excluding steroid dienone is 2. The molecule has 2 aliphatic rings. The molecule has 2 rings (SSSR count). The van der Waals surface area contributed by atoms with Crippen molar-refractivity contribution < 1.29 is 0 Å². The van der Waals surface area contributed by atoms with Crippen molar-refractivity contribution in [3.63, 3.8) is 0 Å². The van der Waals surface area contributed by atoms with Gasteiger partial charge in [0, 0.05) is 19.2 Å². The molecule has 0 aromatic heterocycles. The fraction of sp³-hybridized carbons (Fsp3) is 0.643. The van der Waals surface area contributed by atoms with Gasteiger partial charge in [-0.15, -0.1) is 0 Å². The van der Waals surface area contributed by atoms with Gasteiger partial charge in [-0.25, -0.2) is 0 Å². The molecule has 0 saturated heterocycles. The lowest BCUT2D eigenvalue weighted by atomic mass is 9.88. The fourth-order valence-corrected chi connectivity index (χ4v) is 2.19. The van der Waals surface area contributed by atoms with Crippen molar-refractivity contribution in [1.29, 1.82) is 0 Å². The molecule has 1 aliphatic carbocycles. The predicted molar refractivity (Wildman–Crippen MR) is 67.7 cm³/mol. The molecular weight excluding hydrogens is 196 g/mol. The van der Waals surface area contributed by atoms with Crippen LogP contribution in [0.2, 0.25) is 0 Å². The molecule has 1 heterocycles. The predicted octanol–water partition coefficient (Wildman–Crippen LogP) is 2.72. The van der Waals surface area contributed by atoms with Gasteiger partial charge in [0.1, 0.15) is 0 Å². The number of rotatable bonds is 5. The molecule has 0 amide bonds. The van der Waals surface area contributed by atoms with Crippen molar-refractivity contribution in [2.45, 2.75) is 39.0 Å². The van der Waals surface area contributed by atoms with E-state index in [1.807, 2.05) is 0 Å². The third-order valence-electron chi connectivity index (χ3n) is 3.19. The maximum absolute atomic E-state index is 3.48. The minimum Gasteiger partial charge on any atom is -0.361 e. The summed E-state index contributed by atoms with van der Waals surface area (Å²) in [4.78, 5) is 2.34. The van der Waals surface area contributed by atoms with E-state index in [2.05, 4.69) is 35.8 Å². The zero-order chi connectivity index (χ0) is 11.2. The summed E-state index contributed by atoms with van der Waals surface area (Å²) in [6.07, 6.45) is 14.3. The first kappa shape index (κ1) is 11.7. The van der Waals surface area contributed by atoms with Crippen LogP contribution in [0.25, 0.3) is 0 Å². The van der Waals surface area contributed by atoms with E-state index in [1.165, 1.54) is 36.8 Å². The average Bonchev–Trinajstić information content (AvgIpc) is 2.34. The number of unbranched alkanes of at least 4 members (excludes halogenated alkanes) is 1. The molecule has 16 heavy (non-hydrogen) atoms. The minimum absolute atomic E-state index is 0.967. The highest BCUT2D eigenvalue weighted by Gasteiger charge is 2.16. The molecule has 1 N–H and O–H groups in total. The van der Waals surface area contributed by atoms with Crippen LogP contribution in [0.4, 0.5) is 0 Å². The zero-order valence-electron chi connectivity index (χ0n) is 10.3. The minimum atomic E-state index is 0.967. The summed E-state index contributed by atoms with van der Waals surface area (Å²) < 4.78 is 0. The van der Waals surface area contributed by atoms with E-state index in [9.17, 15) is 0 Å². The Hall–Kier alpha value is -0.760. The number of hydrogen-bond acceptors (Lipinski definition) is 2. The van der Waals surface area contributed by atoms with Gasteiger partial charge in [-0.3, -0.25) is 5.32 Å². The number of fused-ring (bicyclic) bond motifs is 1. The topological polar surface area (TPSA) is 15.3 Å². The van der Waals surface area contributed by atoms with Gasteiger partial charge in [0.05, 0.1) is 6.67 Å². The summed E-state index contributed by atoms with van der Waals surface area (Å²) >= 11 is 0. The summed E-state index contributed by atoms with van der Waals surface area (Å²) in [5.74, 6) is 0. The maximum atomic E-state index is 3.48. The molecule has 2 radical (unpaired) electrons. The number of hydrogen-bond donors (Lipinski definition) is 1.